The van der Waals surface area contributed by atoms with E-state index in [9.17, 15) is 19.7 Å². The summed E-state index contributed by atoms with van der Waals surface area (Å²) >= 11 is 1.21. The summed E-state index contributed by atoms with van der Waals surface area (Å²) in [5.74, 6) is -1.28. The van der Waals surface area contributed by atoms with E-state index in [1.165, 1.54) is 30.8 Å². The summed E-state index contributed by atoms with van der Waals surface area (Å²) in [6.45, 7) is 5.21. The molecule has 1 atom stereocenters. The van der Waals surface area contributed by atoms with E-state index in [0.29, 0.717) is 10.6 Å². The van der Waals surface area contributed by atoms with E-state index in [1.54, 1.807) is 6.26 Å². The van der Waals surface area contributed by atoms with Gasteiger partial charge in [-0.15, -0.1) is 11.8 Å². The minimum atomic E-state index is -1.06. The summed E-state index contributed by atoms with van der Waals surface area (Å²) < 4.78 is 5.17. The second-order valence-electron chi connectivity index (χ2n) is 6.00. The number of nitrogens with zero attached hydrogens (tertiary/aromatic N) is 1. The number of hydrogen-bond donors (Lipinski definition) is 1. The molecule has 8 heteroatoms. The maximum Gasteiger partial charge on any atom is 0.339 e. The van der Waals surface area contributed by atoms with Crippen LogP contribution in [0, 0.1) is 24.0 Å². The third kappa shape index (κ3) is 5.07. The highest BCUT2D eigenvalue weighted by molar-refractivity contribution is 7.98. The molecular formula is C19H20N2O5S. The Hall–Kier alpha value is -2.87. The number of rotatable bonds is 6. The van der Waals surface area contributed by atoms with E-state index in [-0.39, 0.29) is 11.3 Å². The van der Waals surface area contributed by atoms with Crippen LogP contribution in [0.25, 0.3) is 0 Å². The molecule has 142 valence electrons. The molecule has 0 bridgehead atoms. The molecule has 0 aliphatic carbocycles. The number of benzene rings is 2. The van der Waals surface area contributed by atoms with Gasteiger partial charge in [0.25, 0.3) is 11.6 Å². The lowest BCUT2D eigenvalue weighted by molar-refractivity contribution is -0.387. The first-order chi connectivity index (χ1) is 12.7. The summed E-state index contributed by atoms with van der Waals surface area (Å²) in [6.07, 6.45) is 0.650. The minimum absolute atomic E-state index is 0.0193. The fourth-order valence-corrected chi connectivity index (χ4v) is 2.89. The van der Waals surface area contributed by atoms with Gasteiger partial charge in [-0.3, -0.25) is 14.9 Å². The topological polar surface area (TPSA) is 98.5 Å². The average Bonchev–Trinajstić information content (AvgIpc) is 2.63. The van der Waals surface area contributed by atoms with Crippen LogP contribution < -0.4 is 5.32 Å². The molecule has 7 nitrogen and oxygen atoms in total. The van der Waals surface area contributed by atoms with Gasteiger partial charge in [-0.25, -0.2) is 4.79 Å². The molecule has 0 aromatic heterocycles. The molecule has 0 unspecified atom stereocenters. The Kier molecular flexibility index (Phi) is 6.57. The van der Waals surface area contributed by atoms with E-state index in [2.05, 4.69) is 5.32 Å². The van der Waals surface area contributed by atoms with Crippen molar-refractivity contribution in [3.8, 4) is 0 Å². The number of thioether (sulfide) groups is 1. The third-order valence-electron chi connectivity index (χ3n) is 3.92. The Labute approximate surface area is 161 Å². The fraction of sp³-hybridized carbons (Fsp3) is 0.263. The Morgan fingerprint density at radius 1 is 1.19 bits per heavy atom. The second kappa shape index (κ2) is 8.68. The molecule has 0 aliphatic heterocycles. The first-order valence-corrected chi connectivity index (χ1v) is 9.37. The van der Waals surface area contributed by atoms with Crippen molar-refractivity contribution in [3.05, 3.63) is 63.2 Å². The summed E-state index contributed by atoms with van der Waals surface area (Å²) in [7, 11) is 0. The summed E-state index contributed by atoms with van der Waals surface area (Å²) in [5, 5.41) is 13.9. The van der Waals surface area contributed by atoms with Crippen LogP contribution in [0.3, 0.4) is 0 Å². The number of anilines is 1. The SMILES string of the molecule is CSc1ccc(C(=O)O[C@H](C)C(=O)Nc2cc(C)ccc2C)cc1[N+](=O)[O-]. The smallest absolute Gasteiger partial charge is 0.339 e. The van der Waals surface area contributed by atoms with Crippen molar-refractivity contribution in [1.82, 2.24) is 0 Å². The molecule has 0 spiro atoms. The van der Waals surface area contributed by atoms with Gasteiger partial charge in [-0.2, -0.15) is 0 Å². The molecule has 0 saturated carbocycles. The zero-order chi connectivity index (χ0) is 20.1. The number of hydrogen-bond acceptors (Lipinski definition) is 6. The molecule has 2 rings (SSSR count). The van der Waals surface area contributed by atoms with Crippen molar-refractivity contribution in [2.45, 2.75) is 31.8 Å². The van der Waals surface area contributed by atoms with Gasteiger partial charge in [0.2, 0.25) is 0 Å². The lowest BCUT2D eigenvalue weighted by atomic mass is 10.1. The number of ether oxygens (including phenoxy) is 1. The van der Waals surface area contributed by atoms with Crippen LogP contribution >= 0.6 is 11.8 Å². The van der Waals surface area contributed by atoms with Crippen LogP contribution in [0.2, 0.25) is 0 Å². The zero-order valence-electron chi connectivity index (χ0n) is 15.4. The molecule has 27 heavy (non-hydrogen) atoms. The molecule has 2 aromatic rings. The quantitative estimate of drug-likeness (QED) is 0.346. The predicted octanol–water partition coefficient (Wildman–Crippen LogP) is 4.12. The predicted molar refractivity (Wildman–Crippen MR) is 104 cm³/mol. The maximum atomic E-state index is 12.3. The van der Waals surface area contributed by atoms with Crippen molar-refractivity contribution in [1.29, 1.82) is 0 Å². The van der Waals surface area contributed by atoms with Gasteiger partial charge >= 0.3 is 5.97 Å². The Morgan fingerprint density at radius 3 is 2.52 bits per heavy atom. The van der Waals surface area contributed by atoms with Crippen LogP contribution in [0.5, 0.6) is 0 Å². The Morgan fingerprint density at radius 2 is 1.89 bits per heavy atom. The molecule has 0 fully saturated rings. The zero-order valence-corrected chi connectivity index (χ0v) is 16.3. The third-order valence-corrected chi connectivity index (χ3v) is 4.70. The van der Waals surface area contributed by atoms with E-state index in [4.69, 9.17) is 4.74 Å². The van der Waals surface area contributed by atoms with Gasteiger partial charge in [0.15, 0.2) is 6.10 Å². The highest BCUT2D eigenvalue weighted by Gasteiger charge is 2.22. The normalized spacial score (nSPS) is 11.6. The molecule has 0 radical (unpaired) electrons. The van der Waals surface area contributed by atoms with Gasteiger partial charge in [0.05, 0.1) is 15.4 Å². The highest BCUT2D eigenvalue weighted by Crippen LogP contribution is 2.28. The molecule has 0 heterocycles. The summed E-state index contributed by atoms with van der Waals surface area (Å²) in [6, 6.07) is 9.72. The number of carbonyl (C=O) groups is 2. The van der Waals surface area contributed by atoms with Crippen LogP contribution in [0.1, 0.15) is 28.4 Å². The number of aryl methyl sites for hydroxylation is 2. The monoisotopic (exact) mass is 388 g/mol. The Balaban J connectivity index is 2.10. The van der Waals surface area contributed by atoms with Gasteiger partial charge in [0.1, 0.15) is 0 Å². The average molecular weight is 388 g/mol. The largest absolute Gasteiger partial charge is 0.449 e. The van der Waals surface area contributed by atoms with Crippen LogP contribution in [0.4, 0.5) is 11.4 Å². The second-order valence-corrected chi connectivity index (χ2v) is 6.85. The van der Waals surface area contributed by atoms with Gasteiger partial charge in [-0.1, -0.05) is 12.1 Å². The fourth-order valence-electron chi connectivity index (χ4n) is 2.35. The van der Waals surface area contributed by atoms with E-state index in [1.807, 2.05) is 32.0 Å². The first-order valence-electron chi connectivity index (χ1n) is 8.14. The van der Waals surface area contributed by atoms with Crippen molar-refractivity contribution in [2.75, 3.05) is 11.6 Å². The van der Waals surface area contributed by atoms with Crippen molar-refractivity contribution in [2.24, 2.45) is 0 Å². The maximum absolute atomic E-state index is 12.3. The lowest BCUT2D eigenvalue weighted by Crippen LogP contribution is -2.30. The van der Waals surface area contributed by atoms with Crippen LogP contribution in [0.15, 0.2) is 41.3 Å². The molecule has 0 saturated heterocycles. The molecule has 1 amide bonds. The highest BCUT2D eigenvalue weighted by atomic mass is 32.2. The number of amides is 1. The number of esters is 1. The lowest BCUT2D eigenvalue weighted by Gasteiger charge is -2.15. The standard InChI is InChI=1S/C19H20N2O5S/c1-11-5-6-12(2)15(9-11)20-18(22)13(3)26-19(23)14-7-8-17(27-4)16(10-14)21(24)25/h5-10,13H,1-4H3,(H,20,22)/t13-/m1/s1. The number of nitro benzene ring substituents is 1. The van der Waals surface area contributed by atoms with E-state index >= 15 is 0 Å². The van der Waals surface area contributed by atoms with E-state index < -0.39 is 22.9 Å². The molecular weight excluding hydrogens is 368 g/mol. The van der Waals surface area contributed by atoms with Crippen LogP contribution in [-0.2, 0) is 9.53 Å². The minimum Gasteiger partial charge on any atom is -0.449 e. The van der Waals surface area contributed by atoms with Gasteiger partial charge in [0, 0.05) is 11.8 Å². The summed E-state index contributed by atoms with van der Waals surface area (Å²) in [4.78, 5) is 35.6. The number of carbonyl (C=O) groups excluding carboxylic acids is 2. The summed E-state index contributed by atoms with van der Waals surface area (Å²) in [5.41, 5.74) is 2.36. The van der Waals surface area contributed by atoms with Crippen molar-refractivity contribution in [3.63, 3.8) is 0 Å². The molecule has 0 aliphatic rings. The van der Waals surface area contributed by atoms with Gasteiger partial charge in [-0.05, 0) is 56.4 Å². The van der Waals surface area contributed by atoms with Crippen molar-refractivity contribution >= 4 is 35.0 Å². The molecule has 2 aromatic carbocycles. The molecule has 1 N–H and O–H groups in total. The van der Waals surface area contributed by atoms with Crippen LogP contribution in [-0.4, -0.2) is 29.2 Å². The van der Waals surface area contributed by atoms with E-state index in [0.717, 1.165) is 17.2 Å². The number of nitro groups is 1. The van der Waals surface area contributed by atoms with Crippen molar-refractivity contribution < 1.29 is 19.2 Å². The first kappa shape index (κ1) is 20.4. The van der Waals surface area contributed by atoms with Gasteiger partial charge < -0.3 is 10.1 Å². The number of nitrogens with one attached hydrogen (secondary N) is 1. The Bertz CT molecular complexity index is 898.